The fraction of sp³-hybridized carbons (Fsp3) is 0.740. The molecule has 0 spiro atoms. The maximum absolute atomic E-state index is 14.3. The van der Waals surface area contributed by atoms with Gasteiger partial charge in [-0.25, -0.2) is 4.79 Å². The normalized spacial score (nSPS) is 38.6. The Morgan fingerprint density at radius 3 is 2.33 bits per heavy atom. The number of methoxy groups -OCH3 is 2. The zero-order valence-corrected chi connectivity index (χ0v) is 38.7. The molecule has 3 fully saturated rings. The Balaban J connectivity index is 1.65. The molecule has 2 bridgehead atoms. The number of rotatable bonds is 5. The second kappa shape index (κ2) is 24.0. The van der Waals surface area contributed by atoms with Crippen molar-refractivity contribution in [3.8, 4) is 0 Å². The molecule has 0 aromatic heterocycles. The molecule has 342 valence electrons. The molecule has 1 aliphatic carbocycles. The summed E-state index contributed by atoms with van der Waals surface area (Å²) in [6.07, 6.45) is 19.8. The molecular weight excluding hydrogens is 775 g/mol. The fourth-order valence-corrected chi connectivity index (χ4v) is 9.82. The standard InChI is InChI=1S/C50H77NO10/c1-32-16-11-10-12-17-33(2)26-37(6)46(53)45(59-9)28-34(3)27-35(4)43(52)31-44(36(5)29-39-18-15-19-41(30-39)58-8)60-49(56)42-20-13-14-25-51(42)48(55)47(54)50(57)38(7)22-24-40(61-50)23-21-32/h10-12,16-17,27,33,35-42,44-45,57H,13-15,18-26,28-31H2,1-9H3/b11-10+,17-12+,32-16+,34-27+/t33-,35-,36-,37-,38-,39?,40-,41+,42?,44+,45-,50-/m1/s1. The van der Waals surface area contributed by atoms with Crippen molar-refractivity contribution in [2.45, 2.75) is 181 Å². The highest BCUT2D eigenvalue weighted by Crippen LogP contribution is 2.37. The summed E-state index contributed by atoms with van der Waals surface area (Å²) in [4.78, 5) is 71.4. The topological polar surface area (TPSA) is 146 Å². The van der Waals surface area contributed by atoms with E-state index < -0.39 is 59.6 Å². The van der Waals surface area contributed by atoms with Crippen molar-refractivity contribution in [1.29, 1.82) is 0 Å². The number of Topliss-reactive ketones (excluding diaryl/α,β-unsaturated/α-hetero) is 3. The number of ketones is 3. The second-order valence-corrected chi connectivity index (χ2v) is 19.1. The molecule has 2 unspecified atom stereocenters. The van der Waals surface area contributed by atoms with Gasteiger partial charge in [0.15, 0.2) is 5.78 Å². The Labute approximate surface area is 366 Å². The van der Waals surface area contributed by atoms with E-state index in [1.165, 1.54) is 4.90 Å². The first-order valence-electron chi connectivity index (χ1n) is 23.2. The molecule has 3 heterocycles. The van der Waals surface area contributed by atoms with Crippen molar-refractivity contribution in [1.82, 2.24) is 4.90 Å². The molecule has 11 heteroatoms. The number of cyclic esters (lactones) is 1. The third kappa shape index (κ3) is 14.4. The van der Waals surface area contributed by atoms with Crippen LogP contribution >= 0.6 is 0 Å². The highest BCUT2D eigenvalue weighted by Gasteiger charge is 2.52. The summed E-state index contributed by atoms with van der Waals surface area (Å²) in [5.41, 5.74) is 1.96. The summed E-state index contributed by atoms with van der Waals surface area (Å²) < 4.78 is 23.8. The van der Waals surface area contributed by atoms with Crippen molar-refractivity contribution in [3.63, 3.8) is 0 Å². The fourth-order valence-electron chi connectivity index (χ4n) is 9.82. The van der Waals surface area contributed by atoms with Gasteiger partial charge in [0.1, 0.15) is 24.0 Å². The first-order valence-corrected chi connectivity index (χ1v) is 23.2. The molecule has 2 saturated heterocycles. The van der Waals surface area contributed by atoms with Crippen LogP contribution in [-0.4, -0.2) is 96.2 Å². The van der Waals surface area contributed by atoms with Gasteiger partial charge in [-0.1, -0.05) is 95.1 Å². The molecule has 0 radical (unpaired) electrons. The summed E-state index contributed by atoms with van der Waals surface area (Å²) >= 11 is 0. The third-order valence-electron chi connectivity index (χ3n) is 13.8. The van der Waals surface area contributed by atoms with Crippen molar-refractivity contribution < 1.29 is 48.0 Å². The number of allylic oxidation sites excluding steroid dienone is 7. The zero-order chi connectivity index (χ0) is 44.9. The van der Waals surface area contributed by atoms with Crippen molar-refractivity contribution in [3.05, 3.63) is 47.6 Å². The number of ether oxygens (including phenoxy) is 4. The van der Waals surface area contributed by atoms with Crippen LogP contribution in [0, 0.1) is 35.5 Å². The minimum atomic E-state index is -2.32. The number of carbonyl (C=O) groups is 5. The van der Waals surface area contributed by atoms with Gasteiger partial charge in [0.05, 0.1) is 12.2 Å². The van der Waals surface area contributed by atoms with Gasteiger partial charge in [-0.3, -0.25) is 19.2 Å². The molecule has 4 aliphatic rings. The van der Waals surface area contributed by atoms with E-state index in [9.17, 15) is 29.1 Å². The number of esters is 1. The minimum Gasteiger partial charge on any atom is -0.460 e. The maximum atomic E-state index is 14.3. The molecule has 1 amide bonds. The van der Waals surface area contributed by atoms with Gasteiger partial charge in [0.25, 0.3) is 11.7 Å². The molecule has 0 aromatic carbocycles. The third-order valence-corrected chi connectivity index (χ3v) is 13.8. The van der Waals surface area contributed by atoms with E-state index in [-0.39, 0.29) is 48.4 Å². The molecule has 61 heavy (non-hydrogen) atoms. The minimum absolute atomic E-state index is 0.0245. The van der Waals surface area contributed by atoms with Crippen LogP contribution in [0.5, 0.6) is 0 Å². The predicted molar refractivity (Wildman–Crippen MR) is 236 cm³/mol. The van der Waals surface area contributed by atoms with Gasteiger partial charge >= 0.3 is 5.97 Å². The predicted octanol–water partition coefficient (Wildman–Crippen LogP) is 8.61. The lowest BCUT2D eigenvalue weighted by molar-refractivity contribution is -0.263. The number of amides is 1. The van der Waals surface area contributed by atoms with E-state index >= 15 is 0 Å². The van der Waals surface area contributed by atoms with Crippen LogP contribution in [-0.2, 0) is 42.9 Å². The lowest BCUT2D eigenvalue weighted by Gasteiger charge is -2.42. The summed E-state index contributed by atoms with van der Waals surface area (Å²) in [5.74, 6) is -6.11. The molecular formula is C50H77NO10. The van der Waals surface area contributed by atoms with Gasteiger partial charge < -0.3 is 29.0 Å². The van der Waals surface area contributed by atoms with Gasteiger partial charge in [-0.15, -0.1) is 0 Å². The van der Waals surface area contributed by atoms with Crippen LogP contribution in [0.4, 0.5) is 0 Å². The first-order chi connectivity index (χ1) is 29.0. The first kappa shape index (κ1) is 50.4. The largest absolute Gasteiger partial charge is 0.460 e. The summed E-state index contributed by atoms with van der Waals surface area (Å²) in [6, 6.07) is -1.04. The molecule has 1 N–H and O–H groups in total. The van der Waals surface area contributed by atoms with E-state index in [1.54, 1.807) is 21.1 Å². The van der Waals surface area contributed by atoms with E-state index in [0.29, 0.717) is 63.7 Å². The lowest BCUT2D eigenvalue weighted by atomic mass is 9.79. The monoisotopic (exact) mass is 852 g/mol. The molecule has 1 saturated carbocycles. The Morgan fingerprint density at radius 2 is 1.61 bits per heavy atom. The number of nitrogens with zero attached hydrogens (tertiary/aromatic N) is 1. The summed E-state index contributed by atoms with van der Waals surface area (Å²) in [5, 5.41) is 11.8. The van der Waals surface area contributed by atoms with E-state index in [1.807, 2.05) is 65.0 Å². The molecule has 3 aliphatic heterocycles. The Hall–Kier alpha value is -3.25. The smallest absolute Gasteiger partial charge is 0.329 e. The molecule has 0 aromatic rings. The quantitative estimate of drug-likeness (QED) is 0.162. The van der Waals surface area contributed by atoms with Gasteiger partial charge in [-0.05, 0) is 102 Å². The number of carbonyl (C=O) groups excluding carboxylic acids is 5. The van der Waals surface area contributed by atoms with Crippen LogP contribution < -0.4 is 0 Å². The van der Waals surface area contributed by atoms with Gasteiger partial charge in [-0.2, -0.15) is 0 Å². The van der Waals surface area contributed by atoms with E-state index in [2.05, 4.69) is 13.0 Å². The van der Waals surface area contributed by atoms with E-state index in [4.69, 9.17) is 18.9 Å². The van der Waals surface area contributed by atoms with Crippen LogP contribution in [0.3, 0.4) is 0 Å². The summed E-state index contributed by atoms with van der Waals surface area (Å²) in [6.45, 7) is 13.7. The van der Waals surface area contributed by atoms with Crippen molar-refractivity contribution in [2.75, 3.05) is 20.8 Å². The van der Waals surface area contributed by atoms with Crippen LogP contribution in [0.2, 0.25) is 0 Å². The Kier molecular flexibility index (Phi) is 19.8. The molecule has 11 nitrogen and oxygen atoms in total. The van der Waals surface area contributed by atoms with Crippen LogP contribution in [0.1, 0.15) is 145 Å². The average Bonchev–Trinajstić information content (AvgIpc) is 3.24. The SMILES string of the molecule is CO[C@H]1CCCC(C[C@@H](C)[C@@H]2CC(=O)[C@H](C)/C=C(\C)C[C@@H](OC)C(=O)[C@H](C)C[C@H](C)/C=C/C=C/C=C(\C)CC[C@@H]3CC[C@@H](C)[C@@](O)(O3)C(=O)C(=O)N3CCCCC3C(=O)O2)C1. The number of aliphatic hydroxyl groups is 1. The number of hydrogen-bond acceptors (Lipinski definition) is 10. The maximum Gasteiger partial charge on any atom is 0.329 e. The van der Waals surface area contributed by atoms with Gasteiger partial charge in [0, 0.05) is 51.4 Å². The number of fused-ring (bicyclic) bond motifs is 3. The zero-order valence-electron chi connectivity index (χ0n) is 38.7. The number of hydrogen-bond donors (Lipinski definition) is 1. The Bertz CT molecular complexity index is 1630. The highest BCUT2D eigenvalue weighted by atomic mass is 16.6. The molecule has 12 atom stereocenters. The van der Waals surface area contributed by atoms with Gasteiger partial charge in [0.2, 0.25) is 5.79 Å². The lowest BCUT2D eigenvalue weighted by Crippen LogP contribution is -2.60. The van der Waals surface area contributed by atoms with Crippen LogP contribution in [0.15, 0.2) is 47.6 Å². The van der Waals surface area contributed by atoms with Crippen LogP contribution in [0.25, 0.3) is 0 Å². The highest BCUT2D eigenvalue weighted by molar-refractivity contribution is 6.39. The number of piperidine rings is 1. The van der Waals surface area contributed by atoms with E-state index in [0.717, 1.165) is 43.3 Å². The summed E-state index contributed by atoms with van der Waals surface area (Å²) in [7, 11) is 3.28. The Morgan fingerprint density at radius 1 is 0.852 bits per heavy atom. The molecule has 4 rings (SSSR count). The second-order valence-electron chi connectivity index (χ2n) is 19.1. The van der Waals surface area contributed by atoms with Crippen molar-refractivity contribution >= 4 is 29.2 Å². The average molecular weight is 852 g/mol. The van der Waals surface area contributed by atoms with Crippen molar-refractivity contribution in [2.24, 2.45) is 35.5 Å².